The summed E-state index contributed by atoms with van der Waals surface area (Å²) in [5.41, 5.74) is 0. The summed E-state index contributed by atoms with van der Waals surface area (Å²) in [6.45, 7) is 4.30. The Bertz CT molecular complexity index is 163. The van der Waals surface area contributed by atoms with Crippen LogP contribution >= 0.6 is 0 Å². The number of hydrogen-bond acceptors (Lipinski definition) is 2. The first-order valence-corrected chi connectivity index (χ1v) is 5.39. The minimum absolute atomic E-state index is 0.389. The van der Waals surface area contributed by atoms with Gasteiger partial charge in [-0.1, -0.05) is 13.3 Å². The zero-order valence-electron chi connectivity index (χ0n) is 7.32. The zero-order chi connectivity index (χ0) is 8.97. The molecule has 4 nitrogen and oxygen atoms in total. The van der Waals surface area contributed by atoms with Crippen LogP contribution < -0.4 is 5.32 Å². The van der Waals surface area contributed by atoms with Crippen LogP contribution in [0.4, 0.5) is 0 Å². The van der Waals surface area contributed by atoms with E-state index in [0.29, 0.717) is 19.1 Å². The van der Waals surface area contributed by atoms with E-state index in [1.807, 2.05) is 0 Å². The van der Waals surface area contributed by atoms with Gasteiger partial charge >= 0.3 is 0 Å². The normalized spacial score (nSPS) is 28.7. The number of nitrogens with one attached hydrogen (secondary N) is 1. The Morgan fingerprint density at radius 1 is 1.75 bits per heavy atom. The quantitative estimate of drug-likeness (QED) is 0.628. The maximum atomic E-state index is 10.7. The summed E-state index contributed by atoms with van der Waals surface area (Å²) < 4.78 is 21.1. The second-order valence-corrected chi connectivity index (χ2v) is 4.04. The average molecular weight is 192 g/mol. The molecule has 1 saturated heterocycles. The van der Waals surface area contributed by atoms with Gasteiger partial charge in [-0.15, -0.1) is 0 Å². The summed E-state index contributed by atoms with van der Waals surface area (Å²) in [5.74, 6) is 0. The highest BCUT2D eigenvalue weighted by Gasteiger charge is 2.21. The van der Waals surface area contributed by atoms with Gasteiger partial charge in [-0.2, -0.15) is 4.31 Å². The van der Waals surface area contributed by atoms with Gasteiger partial charge in [0.15, 0.2) is 0 Å². The Hall–Kier alpha value is 0.0300. The summed E-state index contributed by atoms with van der Waals surface area (Å²) in [4.78, 5) is 0. The third-order valence-corrected chi connectivity index (χ3v) is 2.85. The van der Waals surface area contributed by atoms with Crippen LogP contribution in [-0.2, 0) is 11.3 Å². The van der Waals surface area contributed by atoms with E-state index in [9.17, 15) is 4.21 Å². The van der Waals surface area contributed by atoms with E-state index < -0.39 is 11.3 Å². The van der Waals surface area contributed by atoms with Crippen LogP contribution in [0, 0.1) is 0 Å². The summed E-state index contributed by atoms with van der Waals surface area (Å²) in [6.07, 6.45) is 2.19. The van der Waals surface area contributed by atoms with Crippen molar-refractivity contribution in [1.82, 2.24) is 9.62 Å². The Labute approximate surface area is 75.7 Å². The van der Waals surface area contributed by atoms with Crippen LogP contribution in [0.5, 0.6) is 0 Å². The predicted octanol–water partition coefficient (Wildman–Crippen LogP) is 0.197. The van der Waals surface area contributed by atoms with E-state index in [1.54, 1.807) is 4.31 Å². The number of piperazine rings is 1. The Morgan fingerprint density at radius 3 is 3.08 bits per heavy atom. The van der Waals surface area contributed by atoms with Gasteiger partial charge < -0.3 is 5.32 Å². The van der Waals surface area contributed by atoms with Crippen molar-refractivity contribution in [2.24, 2.45) is 0 Å². The fourth-order valence-corrected chi connectivity index (χ4v) is 2.03. The van der Waals surface area contributed by atoms with Gasteiger partial charge in [0.05, 0.1) is 0 Å². The first-order valence-electron chi connectivity index (χ1n) is 4.33. The molecular formula is C7H16N2O2S. The van der Waals surface area contributed by atoms with Crippen molar-refractivity contribution in [3.8, 4) is 0 Å². The van der Waals surface area contributed by atoms with Crippen LogP contribution in [0.15, 0.2) is 0 Å². The maximum absolute atomic E-state index is 10.7. The molecule has 0 aliphatic carbocycles. The van der Waals surface area contributed by atoms with E-state index in [1.165, 1.54) is 0 Å². The molecule has 0 saturated carbocycles. The molecular weight excluding hydrogens is 176 g/mol. The summed E-state index contributed by atoms with van der Waals surface area (Å²) in [5, 5.41) is 3.32. The van der Waals surface area contributed by atoms with Crippen LogP contribution in [0.1, 0.15) is 19.8 Å². The van der Waals surface area contributed by atoms with Gasteiger partial charge in [-0.25, -0.2) is 4.21 Å². The first kappa shape index (κ1) is 10.1. The lowest BCUT2D eigenvalue weighted by atomic mass is 10.1. The lowest BCUT2D eigenvalue weighted by molar-refractivity contribution is 0.283. The van der Waals surface area contributed by atoms with Crippen molar-refractivity contribution in [3.05, 3.63) is 0 Å². The van der Waals surface area contributed by atoms with E-state index in [2.05, 4.69) is 12.2 Å². The third-order valence-electron chi connectivity index (χ3n) is 2.08. The molecule has 2 unspecified atom stereocenters. The number of hydrogen-bond donors (Lipinski definition) is 2. The molecule has 0 bridgehead atoms. The van der Waals surface area contributed by atoms with Crippen molar-refractivity contribution in [1.29, 1.82) is 0 Å². The van der Waals surface area contributed by atoms with E-state index >= 15 is 0 Å². The molecule has 1 rings (SSSR count). The number of rotatable bonds is 3. The summed E-state index contributed by atoms with van der Waals surface area (Å²) >= 11 is -1.78. The molecule has 1 fully saturated rings. The van der Waals surface area contributed by atoms with Gasteiger partial charge in [0.1, 0.15) is 0 Å². The van der Waals surface area contributed by atoms with E-state index in [-0.39, 0.29) is 0 Å². The SMILES string of the molecule is CCCC1CN(S(=O)O)CCN1. The second kappa shape index (κ2) is 4.91. The fraction of sp³-hybridized carbons (Fsp3) is 1.00. The topological polar surface area (TPSA) is 52.6 Å². The molecule has 0 aromatic carbocycles. The molecule has 12 heavy (non-hydrogen) atoms. The lowest BCUT2D eigenvalue weighted by Crippen LogP contribution is -2.50. The molecule has 1 aliphatic heterocycles. The predicted molar refractivity (Wildman–Crippen MR) is 49.0 cm³/mol. The molecule has 2 N–H and O–H groups in total. The Kier molecular flexibility index (Phi) is 4.14. The molecule has 1 aliphatic rings. The van der Waals surface area contributed by atoms with Crippen LogP contribution in [0.2, 0.25) is 0 Å². The molecule has 0 aromatic rings. The van der Waals surface area contributed by atoms with Crippen molar-refractivity contribution >= 4 is 11.3 Å². The highest BCUT2D eigenvalue weighted by atomic mass is 32.2. The van der Waals surface area contributed by atoms with E-state index in [0.717, 1.165) is 19.4 Å². The summed E-state index contributed by atoms with van der Waals surface area (Å²) in [7, 11) is 0. The minimum Gasteiger partial charge on any atom is -0.311 e. The Morgan fingerprint density at radius 2 is 2.50 bits per heavy atom. The van der Waals surface area contributed by atoms with Gasteiger partial charge in [0.25, 0.3) is 0 Å². The largest absolute Gasteiger partial charge is 0.311 e. The van der Waals surface area contributed by atoms with Crippen molar-refractivity contribution < 1.29 is 8.76 Å². The smallest absolute Gasteiger partial charge is 0.234 e. The average Bonchev–Trinajstić information content (AvgIpc) is 2.05. The van der Waals surface area contributed by atoms with Crippen molar-refractivity contribution in [3.63, 3.8) is 0 Å². The lowest BCUT2D eigenvalue weighted by Gasteiger charge is -2.30. The van der Waals surface area contributed by atoms with Gasteiger partial charge in [0, 0.05) is 25.7 Å². The first-order chi connectivity index (χ1) is 5.74. The second-order valence-electron chi connectivity index (χ2n) is 3.06. The molecule has 0 radical (unpaired) electrons. The molecule has 5 heteroatoms. The molecule has 0 aromatic heterocycles. The molecule has 0 spiro atoms. The standard InChI is InChI=1S/C7H16N2O2S/c1-2-3-7-6-9(12(10)11)5-4-8-7/h7-8H,2-6H2,1H3,(H,10,11). The fourth-order valence-electron chi connectivity index (χ4n) is 1.48. The molecule has 0 amide bonds. The molecule has 2 atom stereocenters. The highest BCUT2D eigenvalue weighted by molar-refractivity contribution is 7.76. The minimum atomic E-state index is -1.78. The van der Waals surface area contributed by atoms with Gasteiger partial charge in [-0.05, 0) is 6.42 Å². The van der Waals surface area contributed by atoms with Gasteiger partial charge in [0.2, 0.25) is 11.3 Å². The van der Waals surface area contributed by atoms with E-state index in [4.69, 9.17) is 4.55 Å². The molecule has 1 heterocycles. The van der Waals surface area contributed by atoms with Crippen molar-refractivity contribution in [2.75, 3.05) is 19.6 Å². The monoisotopic (exact) mass is 192 g/mol. The van der Waals surface area contributed by atoms with Crippen LogP contribution in [0.25, 0.3) is 0 Å². The summed E-state index contributed by atoms with van der Waals surface area (Å²) in [6, 6.07) is 0.389. The van der Waals surface area contributed by atoms with Crippen molar-refractivity contribution in [2.45, 2.75) is 25.8 Å². The van der Waals surface area contributed by atoms with Crippen LogP contribution in [-0.4, -0.2) is 38.7 Å². The highest BCUT2D eigenvalue weighted by Crippen LogP contribution is 2.05. The molecule has 72 valence electrons. The Balaban J connectivity index is 2.35. The maximum Gasteiger partial charge on any atom is 0.234 e. The zero-order valence-corrected chi connectivity index (χ0v) is 8.14. The third kappa shape index (κ3) is 2.82. The van der Waals surface area contributed by atoms with Gasteiger partial charge in [-0.3, -0.25) is 4.55 Å². The van der Waals surface area contributed by atoms with Crippen LogP contribution in [0.3, 0.4) is 0 Å². The number of nitrogens with zero attached hydrogens (tertiary/aromatic N) is 1.